The normalized spacial score (nSPS) is 10.5. The van der Waals surface area contributed by atoms with Gasteiger partial charge in [0.15, 0.2) is 6.61 Å². The van der Waals surface area contributed by atoms with Gasteiger partial charge in [0, 0.05) is 17.8 Å². The summed E-state index contributed by atoms with van der Waals surface area (Å²) in [5, 5.41) is 5.37. The van der Waals surface area contributed by atoms with Crippen LogP contribution in [0.15, 0.2) is 42.5 Å². The van der Waals surface area contributed by atoms with E-state index in [1.54, 1.807) is 24.3 Å². The van der Waals surface area contributed by atoms with Crippen LogP contribution >= 0.6 is 0 Å². The quantitative estimate of drug-likeness (QED) is 0.525. The molecule has 33 heavy (non-hydrogen) atoms. The maximum atomic E-state index is 12.1. The van der Waals surface area contributed by atoms with Gasteiger partial charge < -0.3 is 20.1 Å². The predicted octanol–water partition coefficient (Wildman–Crippen LogP) is 4.02. The highest BCUT2D eigenvalue weighted by Gasteiger charge is 2.13. The lowest BCUT2D eigenvalue weighted by Crippen LogP contribution is -2.22. The van der Waals surface area contributed by atoms with E-state index in [4.69, 9.17) is 9.47 Å². The van der Waals surface area contributed by atoms with Crippen LogP contribution in [0.25, 0.3) is 0 Å². The van der Waals surface area contributed by atoms with E-state index in [9.17, 15) is 19.2 Å². The predicted molar refractivity (Wildman–Crippen MR) is 125 cm³/mol. The maximum Gasteiger partial charge on any atom is 0.338 e. The highest BCUT2D eigenvalue weighted by atomic mass is 16.5. The molecule has 8 nitrogen and oxygen atoms in total. The number of rotatable bonds is 10. The lowest BCUT2D eigenvalue weighted by atomic mass is 10.1. The first-order valence-electron chi connectivity index (χ1n) is 10.7. The third-order valence-corrected chi connectivity index (χ3v) is 4.62. The summed E-state index contributed by atoms with van der Waals surface area (Å²) in [5.74, 6) is -1.67. The minimum absolute atomic E-state index is 0.102. The van der Waals surface area contributed by atoms with Crippen LogP contribution in [0.4, 0.5) is 11.4 Å². The first-order chi connectivity index (χ1) is 15.7. The second-order valence-electron chi connectivity index (χ2n) is 8.09. The standard InChI is InChI=1S/C25H30N2O6/c1-16(2)14-33-25(31)19-8-10-20(11-9-19)26-21(28)12-13-23(30)32-15-22(29)27-24-17(3)6-5-7-18(24)4/h5-11,16H,12-15H2,1-4H3,(H,26,28)(H,27,29). The topological polar surface area (TPSA) is 111 Å². The number of para-hydroxylation sites is 1. The third-order valence-electron chi connectivity index (χ3n) is 4.62. The molecule has 2 aromatic carbocycles. The molecule has 8 heteroatoms. The third kappa shape index (κ3) is 8.76. The Morgan fingerprint density at radius 1 is 0.818 bits per heavy atom. The molecule has 0 bridgehead atoms. The summed E-state index contributed by atoms with van der Waals surface area (Å²) in [4.78, 5) is 47.9. The lowest BCUT2D eigenvalue weighted by molar-refractivity contribution is -0.147. The highest BCUT2D eigenvalue weighted by Crippen LogP contribution is 2.19. The van der Waals surface area contributed by atoms with Gasteiger partial charge >= 0.3 is 11.9 Å². The molecular weight excluding hydrogens is 424 g/mol. The van der Waals surface area contributed by atoms with Crippen molar-refractivity contribution < 1.29 is 28.7 Å². The fourth-order valence-corrected chi connectivity index (χ4v) is 2.86. The number of esters is 2. The monoisotopic (exact) mass is 454 g/mol. The van der Waals surface area contributed by atoms with Crippen LogP contribution in [-0.2, 0) is 23.9 Å². The van der Waals surface area contributed by atoms with Gasteiger partial charge in [0.25, 0.3) is 5.91 Å². The van der Waals surface area contributed by atoms with Gasteiger partial charge in [0.05, 0.1) is 18.6 Å². The van der Waals surface area contributed by atoms with Gasteiger partial charge in [-0.3, -0.25) is 14.4 Å². The number of ether oxygens (including phenoxy) is 2. The van der Waals surface area contributed by atoms with E-state index < -0.39 is 24.5 Å². The first kappa shape index (κ1) is 25.6. The molecule has 0 spiro atoms. The molecule has 2 aromatic rings. The van der Waals surface area contributed by atoms with E-state index >= 15 is 0 Å². The molecule has 0 heterocycles. The van der Waals surface area contributed by atoms with Gasteiger partial charge in [-0.15, -0.1) is 0 Å². The molecule has 0 aliphatic heterocycles. The fourth-order valence-electron chi connectivity index (χ4n) is 2.86. The minimum Gasteiger partial charge on any atom is -0.462 e. The van der Waals surface area contributed by atoms with Crippen molar-refractivity contribution in [1.29, 1.82) is 0 Å². The Hall–Kier alpha value is -3.68. The average Bonchev–Trinajstić information content (AvgIpc) is 2.77. The Morgan fingerprint density at radius 2 is 1.45 bits per heavy atom. The van der Waals surface area contributed by atoms with Crippen LogP contribution in [0.1, 0.15) is 48.2 Å². The zero-order valence-corrected chi connectivity index (χ0v) is 19.4. The molecule has 0 saturated heterocycles. The SMILES string of the molecule is Cc1cccc(C)c1NC(=O)COC(=O)CCC(=O)Nc1ccc(C(=O)OCC(C)C)cc1. The van der Waals surface area contributed by atoms with E-state index in [-0.39, 0.29) is 24.7 Å². The molecule has 0 aliphatic carbocycles. The minimum atomic E-state index is -0.648. The Labute approximate surface area is 193 Å². The van der Waals surface area contributed by atoms with E-state index in [2.05, 4.69) is 10.6 Å². The Kier molecular flexibility index (Phi) is 9.60. The lowest BCUT2D eigenvalue weighted by Gasteiger charge is -2.11. The van der Waals surface area contributed by atoms with Crippen molar-refractivity contribution in [2.45, 2.75) is 40.5 Å². The molecule has 2 rings (SSSR count). The summed E-state index contributed by atoms with van der Waals surface area (Å²) in [6.07, 6.45) is -0.266. The molecular formula is C25H30N2O6. The van der Waals surface area contributed by atoms with Crippen LogP contribution < -0.4 is 10.6 Å². The van der Waals surface area contributed by atoms with Gasteiger partial charge in [-0.1, -0.05) is 32.0 Å². The van der Waals surface area contributed by atoms with Crippen molar-refractivity contribution in [2.75, 3.05) is 23.8 Å². The molecule has 0 unspecified atom stereocenters. The largest absolute Gasteiger partial charge is 0.462 e. The zero-order valence-electron chi connectivity index (χ0n) is 19.4. The van der Waals surface area contributed by atoms with Gasteiger partial charge in [-0.25, -0.2) is 4.79 Å². The van der Waals surface area contributed by atoms with Crippen molar-refractivity contribution in [3.8, 4) is 0 Å². The molecule has 0 saturated carbocycles. The summed E-state index contributed by atoms with van der Waals surface area (Å²) in [5.41, 5.74) is 3.38. The van der Waals surface area contributed by atoms with Crippen molar-refractivity contribution in [1.82, 2.24) is 0 Å². The van der Waals surface area contributed by atoms with Gasteiger partial charge in [0.2, 0.25) is 5.91 Å². The summed E-state index contributed by atoms with van der Waals surface area (Å²) in [7, 11) is 0. The Morgan fingerprint density at radius 3 is 2.06 bits per heavy atom. The van der Waals surface area contributed by atoms with Crippen LogP contribution in [0.3, 0.4) is 0 Å². The summed E-state index contributed by atoms with van der Waals surface area (Å²) < 4.78 is 10.1. The van der Waals surface area contributed by atoms with Crippen molar-refractivity contribution in [3.05, 3.63) is 59.2 Å². The average molecular weight is 455 g/mol. The number of hydrogen-bond acceptors (Lipinski definition) is 6. The smallest absolute Gasteiger partial charge is 0.338 e. The number of carbonyl (C=O) groups excluding carboxylic acids is 4. The number of hydrogen-bond donors (Lipinski definition) is 2. The van der Waals surface area contributed by atoms with Crippen molar-refractivity contribution in [2.24, 2.45) is 5.92 Å². The van der Waals surface area contributed by atoms with Crippen LogP contribution in [0, 0.1) is 19.8 Å². The fraction of sp³-hybridized carbons (Fsp3) is 0.360. The second kappa shape index (κ2) is 12.4. The van der Waals surface area contributed by atoms with Gasteiger partial charge in [-0.2, -0.15) is 0 Å². The Bertz CT molecular complexity index is 978. The van der Waals surface area contributed by atoms with Crippen LogP contribution in [-0.4, -0.2) is 37.0 Å². The van der Waals surface area contributed by atoms with Crippen molar-refractivity contribution >= 4 is 35.1 Å². The molecule has 0 fully saturated rings. The molecule has 2 N–H and O–H groups in total. The van der Waals surface area contributed by atoms with Crippen LogP contribution in [0.2, 0.25) is 0 Å². The molecule has 0 aliphatic rings. The molecule has 176 valence electrons. The number of amides is 2. The van der Waals surface area contributed by atoms with E-state index in [0.717, 1.165) is 11.1 Å². The molecule has 0 radical (unpaired) electrons. The summed E-state index contributed by atoms with van der Waals surface area (Å²) in [6, 6.07) is 11.9. The summed E-state index contributed by atoms with van der Waals surface area (Å²) in [6.45, 7) is 7.55. The number of carbonyl (C=O) groups is 4. The molecule has 0 atom stereocenters. The number of nitrogens with one attached hydrogen (secondary N) is 2. The molecule has 2 amide bonds. The number of benzene rings is 2. The van der Waals surface area contributed by atoms with E-state index in [1.165, 1.54) is 0 Å². The van der Waals surface area contributed by atoms with Gasteiger partial charge in [0.1, 0.15) is 0 Å². The highest BCUT2D eigenvalue weighted by molar-refractivity contribution is 5.95. The van der Waals surface area contributed by atoms with E-state index in [1.807, 2.05) is 45.9 Å². The summed E-state index contributed by atoms with van der Waals surface area (Å²) >= 11 is 0. The number of anilines is 2. The molecule has 0 aromatic heterocycles. The first-order valence-corrected chi connectivity index (χ1v) is 10.7. The number of aryl methyl sites for hydroxylation is 2. The van der Waals surface area contributed by atoms with Crippen LogP contribution in [0.5, 0.6) is 0 Å². The second-order valence-corrected chi connectivity index (χ2v) is 8.09. The Balaban J connectivity index is 1.72. The van der Waals surface area contributed by atoms with Gasteiger partial charge in [-0.05, 0) is 55.2 Å². The van der Waals surface area contributed by atoms with E-state index in [0.29, 0.717) is 23.5 Å². The maximum absolute atomic E-state index is 12.1. The zero-order chi connectivity index (χ0) is 24.4. The van der Waals surface area contributed by atoms with Crippen molar-refractivity contribution in [3.63, 3.8) is 0 Å².